The van der Waals surface area contributed by atoms with Gasteiger partial charge in [0.1, 0.15) is 11.7 Å². The molecule has 0 aliphatic heterocycles. The highest BCUT2D eigenvalue weighted by Crippen LogP contribution is 2.38. The maximum Gasteiger partial charge on any atom is 0.344 e. The summed E-state index contributed by atoms with van der Waals surface area (Å²) in [5.41, 5.74) is 0. The van der Waals surface area contributed by atoms with Crippen LogP contribution in [0.2, 0.25) is 10.0 Å². The summed E-state index contributed by atoms with van der Waals surface area (Å²) in [4.78, 5) is 11.9. The Bertz CT molecular complexity index is 841. The van der Waals surface area contributed by atoms with Crippen molar-refractivity contribution in [2.75, 3.05) is 5.94 Å². The fourth-order valence-electron chi connectivity index (χ4n) is 1.87. The molecule has 0 fully saturated rings. The van der Waals surface area contributed by atoms with Crippen molar-refractivity contribution in [1.82, 2.24) is 0 Å². The van der Waals surface area contributed by atoms with Crippen LogP contribution >= 0.6 is 35.0 Å². The third kappa shape index (κ3) is 6.57. The molecule has 0 saturated heterocycles. The zero-order valence-corrected chi connectivity index (χ0v) is 17.0. The first kappa shape index (κ1) is 21.3. The molecule has 0 aliphatic carbocycles. The highest BCUT2D eigenvalue weighted by atomic mass is 35.5. The molecule has 2 rings (SSSR count). The summed E-state index contributed by atoms with van der Waals surface area (Å²) in [6.07, 6.45) is -1.05. The van der Waals surface area contributed by atoms with E-state index in [1.54, 1.807) is 31.2 Å². The number of hydrogen-bond acceptors (Lipinski definition) is 5. The van der Waals surface area contributed by atoms with Crippen LogP contribution < -0.4 is 9.47 Å². The Morgan fingerprint density at radius 2 is 1.89 bits per heavy atom. The van der Waals surface area contributed by atoms with E-state index in [1.165, 1.54) is 24.8 Å². The van der Waals surface area contributed by atoms with Crippen molar-refractivity contribution in [2.45, 2.75) is 24.8 Å². The third-order valence-corrected chi connectivity index (χ3v) is 4.56. The van der Waals surface area contributed by atoms with Gasteiger partial charge in [-0.25, -0.2) is 4.79 Å². The molecule has 1 atom stereocenters. The van der Waals surface area contributed by atoms with Gasteiger partial charge in [0.2, 0.25) is 0 Å². The Labute approximate surface area is 171 Å². The van der Waals surface area contributed by atoms with Crippen LogP contribution in [-0.4, -0.2) is 23.1 Å². The maximum atomic E-state index is 11.0. The topological polar surface area (TPSA) is 65.0 Å². The van der Waals surface area contributed by atoms with Crippen molar-refractivity contribution >= 4 is 40.9 Å². The first-order chi connectivity index (χ1) is 12.8. The number of rotatable bonds is 9. The summed E-state index contributed by atoms with van der Waals surface area (Å²) in [7, 11) is 0. The van der Waals surface area contributed by atoms with Crippen molar-refractivity contribution in [3.05, 3.63) is 58.8 Å². The highest BCUT2D eigenvalue weighted by molar-refractivity contribution is 7.99. The minimum atomic E-state index is -1.09. The fourth-order valence-corrected chi connectivity index (χ4v) is 3.08. The number of carboxylic acids is 1. The summed E-state index contributed by atoms with van der Waals surface area (Å²) in [5.74, 6) is 0.870. The zero-order valence-electron chi connectivity index (χ0n) is 14.7. The molecule has 0 radical (unpaired) electrons. The summed E-state index contributed by atoms with van der Waals surface area (Å²) >= 11 is 13.8. The Balaban J connectivity index is 2.17. The molecule has 0 aromatic heterocycles. The second-order valence-electron chi connectivity index (χ2n) is 5.49. The van der Waals surface area contributed by atoms with Gasteiger partial charge in [0.05, 0.1) is 10.8 Å². The first-order valence-electron chi connectivity index (χ1n) is 7.84. The van der Waals surface area contributed by atoms with Crippen molar-refractivity contribution in [3.8, 4) is 17.2 Å². The van der Waals surface area contributed by atoms with E-state index in [1.807, 2.05) is 6.07 Å². The van der Waals surface area contributed by atoms with Gasteiger partial charge in [-0.05, 0) is 44.2 Å². The van der Waals surface area contributed by atoms with Gasteiger partial charge in [-0.15, -0.1) is 0 Å². The molecule has 2 aromatic carbocycles. The Morgan fingerprint density at radius 3 is 2.52 bits per heavy atom. The quantitative estimate of drug-likeness (QED) is 0.289. The van der Waals surface area contributed by atoms with Gasteiger partial charge < -0.3 is 19.3 Å². The van der Waals surface area contributed by atoms with Crippen molar-refractivity contribution in [2.24, 2.45) is 0 Å². The molecule has 27 heavy (non-hydrogen) atoms. The number of hydrogen-bond donors (Lipinski definition) is 1. The van der Waals surface area contributed by atoms with Crippen molar-refractivity contribution < 1.29 is 24.1 Å². The van der Waals surface area contributed by atoms with E-state index in [0.29, 0.717) is 27.5 Å². The predicted molar refractivity (Wildman–Crippen MR) is 107 cm³/mol. The summed E-state index contributed by atoms with van der Waals surface area (Å²) in [6, 6.07) is 9.94. The van der Waals surface area contributed by atoms with Crippen molar-refractivity contribution in [1.29, 1.82) is 0 Å². The lowest BCUT2D eigenvalue weighted by Gasteiger charge is -2.16. The summed E-state index contributed by atoms with van der Waals surface area (Å²) < 4.78 is 16.5. The lowest BCUT2D eigenvalue weighted by Crippen LogP contribution is -2.23. The molecular formula is C19H18Cl2O5S. The minimum absolute atomic E-state index is 0.249. The number of aliphatic carboxylic acids is 1. The van der Waals surface area contributed by atoms with E-state index in [4.69, 9.17) is 42.5 Å². The lowest BCUT2D eigenvalue weighted by molar-refractivity contribution is -0.144. The molecule has 1 unspecified atom stereocenters. The molecule has 1 N–H and O–H groups in total. The van der Waals surface area contributed by atoms with E-state index in [2.05, 4.69) is 6.58 Å². The van der Waals surface area contributed by atoms with Gasteiger partial charge in [-0.2, -0.15) is 0 Å². The molecule has 5 nitrogen and oxygen atoms in total. The molecule has 0 bridgehead atoms. The summed E-state index contributed by atoms with van der Waals surface area (Å²) in [5, 5.41) is 9.83. The molecule has 0 heterocycles. The lowest BCUT2D eigenvalue weighted by atomic mass is 10.3. The maximum absolute atomic E-state index is 11.0. The minimum Gasteiger partial charge on any atom is -0.488 e. The fraction of sp³-hybridized carbons (Fsp3) is 0.211. The third-order valence-electron chi connectivity index (χ3n) is 3.21. The average Bonchev–Trinajstić information content (AvgIpc) is 2.59. The van der Waals surface area contributed by atoms with Crippen LogP contribution in [-0.2, 0) is 9.53 Å². The molecule has 0 aliphatic rings. The smallest absolute Gasteiger partial charge is 0.344 e. The Morgan fingerprint density at radius 1 is 1.19 bits per heavy atom. The van der Waals surface area contributed by atoms with Crippen LogP contribution in [0.1, 0.15) is 13.8 Å². The number of carbonyl (C=O) groups is 1. The van der Waals surface area contributed by atoms with E-state index in [9.17, 15) is 4.79 Å². The molecule has 0 saturated carbocycles. The second-order valence-corrected chi connectivity index (χ2v) is 7.33. The van der Waals surface area contributed by atoms with Crippen molar-refractivity contribution in [3.63, 3.8) is 0 Å². The van der Waals surface area contributed by atoms with Gasteiger partial charge in [-0.3, -0.25) is 0 Å². The molecule has 144 valence electrons. The first-order valence-corrected chi connectivity index (χ1v) is 9.58. The monoisotopic (exact) mass is 428 g/mol. The Kier molecular flexibility index (Phi) is 7.71. The number of allylic oxidation sites excluding steroid dienone is 1. The zero-order chi connectivity index (χ0) is 20.0. The largest absolute Gasteiger partial charge is 0.488 e. The normalized spacial score (nSPS) is 11.6. The van der Waals surface area contributed by atoms with Gasteiger partial charge in [0.15, 0.2) is 17.6 Å². The number of carboxylic acid groups (broad SMARTS) is 1. The number of ether oxygens (including phenoxy) is 3. The number of thioether (sulfide) groups is 1. The van der Waals surface area contributed by atoms with E-state index in [0.717, 1.165) is 4.90 Å². The standard InChI is InChI=1S/C19H18Cl2O5S/c1-11(2)24-10-27-14-5-7-16(15(21)9-14)26-18-8-13(20)4-6-17(18)25-12(3)19(22)23/h4-9,12H,1,10H2,2-3H3,(H,22,23). The SMILES string of the molecule is C=C(C)OCSc1ccc(Oc2cc(Cl)ccc2OC(C)C(=O)O)c(Cl)c1. The van der Waals surface area contributed by atoms with Crippen LogP contribution in [0.4, 0.5) is 0 Å². The van der Waals surface area contributed by atoms with Gasteiger partial charge in [-0.1, -0.05) is 41.5 Å². The predicted octanol–water partition coefficient (Wildman–Crippen LogP) is 6.24. The Hall–Kier alpha value is -2.02. The molecule has 8 heteroatoms. The second kappa shape index (κ2) is 9.78. The van der Waals surface area contributed by atoms with Crippen LogP contribution in [0.3, 0.4) is 0 Å². The van der Waals surface area contributed by atoms with Crippen LogP contribution in [0.5, 0.6) is 17.2 Å². The van der Waals surface area contributed by atoms with E-state index >= 15 is 0 Å². The van der Waals surface area contributed by atoms with E-state index in [-0.39, 0.29) is 11.5 Å². The van der Waals surface area contributed by atoms with E-state index < -0.39 is 12.1 Å². The van der Waals surface area contributed by atoms with Gasteiger partial charge in [0.25, 0.3) is 0 Å². The molecule has 0 spiro atoms. The van der Waals surface area contributed by atoms with Gasteiger partial charge >= 0.3 is 5.97 Å². The molecular weight excluding hydrogens is 411 g/mol. The van der Waals surface area contributed by atoms with Gasteiger partial charge in [0, 0.05) is 16.0 Å². The molecule has 2 aromatic rings. The number of benzene rings is 2. The number of halogens is 2. The van der Waals surface area contributed by atoms with Crippen LogP contribution in [0.15, 0.2) is 53.6 Å². The average molecular weight is 429 g/mol. The highest BCUT2D eigenvalue weighted by Gasteiger charge is 2.17. The van der Waals surface area contributed by atoms with Crippen LogP contribution in [0, 0.1) is 0 Å². The van der Waals surface area contributed by atoms with Crippen LogP contribution in [0.25, 0.3) is 0 Å². The summed E-state index contributed by atoms with van der Waals surface area (Å²) in [6.45, 7) is 6.87. The molecule has 0 amide bonds.